The quantitative estimate of drug-likeness (QED) is 0.454. The summed E-state index contributed by atoms with van der Waals surface area (Å²) in [4.78, 5) is 2.22. The molecule has 2 heteroatoms. The molecule has 11 heavy (non-hydrogen) atoms. The molecule has 0 bridgehead atoms. The van der Waals surface area contributed by atoms with Crippen LogP contribution in [0, 0.1) is 11.3 Å². The second-order valence-electron chi connectivity index (χ2n) is 3.49. The van der Waals surface area contributed by atoms with Gasteiger partial charge in [0.1, 0.15) is 0 Å². The fourth-order valence-electron chi connectivity index (χ4n) is 1.66. The highest BCUT2D eigenvalue weighted by Crippen LogP contribution is 2.15. The molecule has 1 saturated heterocycles. The average molecular weight is 154 g/mol. The minimum absolute atomic E-state index is 0.788. The second-order valence-corrected chi connectivity index (χ2v) is 3.49. The van der Waals surface area contributed by atoms with Crippen LogP contribution in [-0.2, 0) is 0 Å². The highest BCUT2D eigenvalue weighted by Gasteiger charge is 2.16. The summed E-state index contributed by atoms with van der Waals surface area (Å²) in [6, 6.07) is 0. The molecule has 1 rings (SSSR count). The molecule has 64 valence electrons. The average Bonchev–Trinajstić information content (AvgIpc) is 2.03. The Morgan fingerprint density at radius 2 is 2.36 bits per heavy atom. The van der Waals surface area contributed by atoms with E-state index in [9.17, 15) is 0 Å². The Bertz CT molecular complexity index is 142. The first kappa shape index (κ1) is 8.57. The van der Waals surface area contributed by atoms with E-state index in [-0.39, 0.29) is 0 Å². The van der Waals surface area contributed by atoms with E-state index in [1.165, 1.54) is 12.8 Å². The maximum absolute atomic E-state index is 7.65. The number of rotatable bonds is 1. The predicted octanol–water partition coefficient (Wildman–Crippen LogP) is 2.11. The third-order valence-corrected chi connectivity index (χ3v) is 2.37. The summed E-state index contributed by atoms with van der Waals surface area (Å²) in [7, 11) is 0. The first-order valence-corrected chi connectivity index (χ1v) is 4.56. The first-order valence-electron chi connectivity index (χ1n) is 4.56. The van der Waals surface area contributed by atoms with Gasteiger partial charge in [0.25, 0.3) is 0 Å². The zero-order chi connectivity index (χ0) is 8.27. The van der Waals surface area contributed by atoms with Crippen molar-refractivity contribution in [3.05, 3.63) is 0 Å². The molecule has 0 aliphatic carbocycles. The summed E-state index contributed by atoms with van der Waals surface area (Å²) in [5, 5.41) is 7.65. The molecule has 0 saturated carbocycles. The van der Waals surface area contributed by atoms with Crippen molar-refractivity contribution in [1.82, 2.24) is 4.90 Å². The van der Waals surface area contributed by atoms with Crippen molar-refractivity contribution in [3.8, 4) is 0 Å². The summed E-state index contributed by atoms with van der Waals surface area (Å²) in [6.07, 6.45) is 3.49. The van der Waals surface area contributed by atoms with Crippen LogP contribution in [0.4, 0.5) is 0 Å². The van der Waals surface area contributed by atoms with E-state index in [1.807, 2.05) is 0 Å². The zero-order valence-electron chi connectivity index (χ0n) is 7.56. The van der Waals surface area contributed by atoms with Crippen LogP contribution in [0.2, 0.25) is 0 Å². The lowest BCUT2D eigenvalue weighted by Gasteiger charge is -2.32. The van der Waals surface area contributed by atoms with Gasteiger partial charge < -0.3 is 4.90 Å². The second kappa shape index (κ2) is 3.74. The van der Waals surface area contributed by atoms with Crippen molar-refractivity contribution in [1.29, 1.82) is 5.41 Å². The fraction of sp³-hybridized carbons (Fsp3) is 0.889. The Balaban J connectivity index is 2.39. The molecule has 1 fully saturated rings. The lowest BCUT2D eigenvalue weighted by atomic mass is 10.00. The number of likely N-dealkylation sites (tertiary alicyclic amines) is 1. The molecule has 1 N–H and O–H groups in total. The van der Waals surface area contributed by atoms with E-state index >= 15 is 0 Å². The summed E-state index contributed by atoms with van der Waals surface area (Å²) in [5.74, 6) is 1.60. The van der Waals surface area contributed by atoms with Crippen LogP contribution < -0.4 is 0 Å². The summed E-state index contributed by atoms with van der Waals surface area (Å²) in [6.45, 7) is 6.54. The molecule has 0 spiro atoms. The molecule has 0 aromatic rings. The minimum atomic E-state index is 0.788. The van der Waals surface area contributed by atoms with E-state index in [0.717, 1.165) is 31.3 Å². The van der Waals surface area contributed by atoms with Crippen LogP contribution in [0.5, 0.6) is 0 Å². The van der Waals surface area contributed by atoms with Crippen molar-refractivity contribution in [2.75, 3.05) is 13.1 Å². The van der Waals surface area contributed by atoms with Gasteiger partial charge in [-0.05, 0) is 18.8 Å². The molecular formula is C9H18N2. The monoisotopic (exact) mass is 154 g/mol. The Hall–Kier alpha value is -0.530. The van der Waals surface area contributed by atoms with Crippen molar-refractivity contribution in [3.63, 3.8) is 0 Å². The van der Waals surface area contributed by atoms with Crippen molar-refractivity contribution < 1.29 is 0 Å². The van der Waals surface area contributed by atoms with Crippen molar-refractivity contribution in [2.24, 2.45) is 5.92 Å². The lowest BCUT2D eigenvalue weighted by molar-refractivity contribution is 0.268. The Labute approximate surface area is 69.1 Å². The summed E-state index contributed by atoms with van der Waals surface area (Å²) < 4.78 is 0. The Kier molecular flexibility index (Phi) is 2.92. The van der Waals surface area contributed by atoms with Gasteiger partial charge in [0.15, 0.2) is 0 Å². The number of nitrogens with one attached hydrogen (secondary N) is 1. The van der Waals surface area contributed by atoms with Gasteiger partial charge >= 0.3 is 0 Å². The SMILES string of the molecule is CCC(=N)N1CCCC(C)C1. The van der Waals surface area contributed by atoms with E-state index < -0.39 is 0 Å². The van der Waals surface area contributed by atoms with Gasteiger partial charge in [-0.3, -0.25) is 5.41 Å². The maximum atomic E-state index is 7.65. The Morgan fingerprint density at radius 1 is 1.64 bits per heavy atom. The van der Waals surface area contributed by atoms with E-state index in [1.54, 1.807) is 0 Å². The molecule has 1 aliphatic heterocycles. The van der Waals surface area contributed by atoms with Crippen molar-refractivity contribution in [2.45, 2.75) is 33.1 Å². The molecule has 1 unspecified atom stereocenters. The van der Waals surface area contributed by atoms with Crippen LogP contribution in [0.3, 0.4) is 0 Å². The van der Waals surface area contributed by atoms with Gasteiger partial charge in [0, 0.05) is 19.5 Å². The standard InChI is InChI=1S/C9H18N2/c1-3-9(10)11-6-4-5-8(2)7-11/h8,10H,3-7H2,1-2H3. The van der Waals surface area contributed by atoms with Gasteiger partial charge in [0.05, 0.1) is 5.84 Å². The molecule has 1 atom stereocenters. The van der Waals surface area contributed by atoms with Gasteiger partial charge in [-0.1, -0.05) is 13.8 Å². The molecular weight excluding hydrogens is 136 g/mol. The third-order valence-electron chi connectivity index (χ3n) is 2.37. The number of hydrogen-bond donors (Lipinski definition) is 1. The fourth-order valence-corrected chi connectivity index (χ4v) is 1.66. The van der Waals surface area contributed by atoms with Crippen LogP contribution >= 0.6 is 0 Å². The first-order chi connectivity index (χ1) is 5.24. The molecule has 2 nitrogen and oxygen atoms in total. The van der Waals surface area contributed by atoms with Gasteiger partial charge in [-0.25, -0.2) is 0 Å². The molecule has 0 aromatic heterocycles. The van der Waals surface area contributed by atoms with E-state index in [0.29, 0.717) is 0 Å². The number of hydrogen-bond acceptors (Lipinski definition) is 1. The van der Waals surface area contributed by atoms with Crippen molar-refractivity contribution >= 4 is 5.84 Å². The van der Waals surface area contributed by atoms with E-state index in [2.05, 4.69) is 18.7 Å². The molecule has 0 amide bonds. The number of nitrogens with zero attached hydrogens (tertiary/aromatic N) is 1. The molecule has 1 heterocycles. The summed E-state index contributed by atoms with van der Waals surface area (Å²) >= 11 is 0. The molecule has 0 aromatic carbocycles. The molecule has 1 aliphatic rings. The smallest absolute Gasteiger partial charge is 0.0954 e. The maximum Gasteiger partial charge on any atom is 0.0954 e. The number of piperidine rings is 1. The van der Waals surface area contributed by atoms with Gasteiger partial charge in [-0.15, -0.1) is 0 Å². The molecule has 0 radical (unpaired) electrons. The highest BCUT2D eigenvalue weighted by molar-refractivity contribution is 5.78. The summed E-state index contributed by atoms with van der Waals surface area (Å²) in [5.41, 5.74) is 0. The third kappa shape index (κ3) is 2.21. The van der Waals surface area contributed by atoms with Crippen LogP contribution in [0.1, 0.15) is 33.1 Å². The largest absolute Gasteiger partial charge is 0.360 e. The van der Waals surface area contributed by atoms with Gasteiger partial charge in [-0.2, -0.15) is 0 Å². The minimum Gasteiger partial charge on any atom is -0.360 e. The van der Waals surface area contributed by atoms with E-state index in [4.69, 9.17) is 5.41 Å². The van der Waals surface area contributed by atoms with Gasteiger partial charge in [0.2, 0.25) is 0 Å². The predicted molar refractivity (Wildman–Crippen MR) is 48.0 cm³/mol. The highest BCUT2D eigenvalue weighted by atomic mass is 15.2. The van der Waals surface area contributed by atoms with Crippen LogP contribution in [0.15, 0.2) is 0 Å². The lowest BCUT2D eigenvalue weighted by Crippen LogP contribution is -2.38. The zero-order valence-corrected chi connectivity index (χ0v) is 7.56. The topological polar surface area (TPSA) is 27.1 Å². The number of amidine groups is 1. The normalized spacial score (nSPS) is 25.3. The van der Waals surface area contributed by atoms with Crippen LogP contribution in [0.25, 0.3) is 0 Å². The Morgan fingerprint density at radius 3 is 2.91 bits per heavy atom. The van der Waals surface area contributed by atoms with Crippen LogP contribution in [-0.4, -0.2) is 23.8 Å².